The number of anilines is 1. The normalized spacial score (nSPS) is 25.0. The number of rotatable bonds is 1. The number of hydrogen-bond acceptors (Lipinski definition) is 2. The van der Waals surface area contributed by atoms with Gasteiger partial charge >= 0.3 is 0 Å². The molecule has 2 heteroatoms. The van der Waals surface area contributed by atoms with Crippen LogP contribution in [0.4, 0.5) is 5.69 Å². The van der Waals surface area contributed by atoms with Gasteiger partial charge < -0.3 is 10.2 Å². The fourth-order valence-electron chi connectivity index (χ4n) is 3.58. The van der Waals surface area contributed by atoms with E-state index in [1.165, 1.54) is 56.4 Å². The molecular formula is C16H22N2. The summed E-state index contributed by atoms with van der Waals surface area (Å²) in [6.07, 6.45) is 7.03. The first-order chi connectivity index (χ1) is 8.85. The molecule has 2 fully saturated rings. The van der Waals surface area contributed by atoms with E-state index in [9.17, 15) is 0 Å². The lowest BCUT2D eigenvalue weighted by Crippen LogP contribution is -2.34. The van der Waals surface area contributed by atoms with Gasteiger partial charge in [0.15, 0.2) is 0 Å². The van der Waals surface area contributed by atoms with Gasteiger partial charge in [0.05, 0.1) is 0 Å². The number of benzene rings is 1. The van der Waals surface area contributed by atoms with Gasteiger partial charge in [0.1, 0.15) is 0 Å². The highest BCUT2D eigenvalue weighted by Gasteiger charge is 2.44. The Morgan fingerprint density at radius 2 is 1.83 bits per heavy atom. The van der Waals surface area contributed by atoms with Crippen LogP contribution in [0.3, 0.4) is 0 Å². The van der Waals surface area contributed by atoms with Crippen LogP contribution in [-0.2, 0) is 13.0 Å². The highest BCUT2D eigenvalue weighted by Crippen LogP contribution is 2.53. The van der Waals surface area contributed by atoms with Gasteiger partial charge in [-0.15, -0.1) is 0 Å². The van der Waals surface area contributed by atoms with Crippen molar-refractivity contribution in [1.82, 2.24) is 5.32 Å². The van der Waals surface area contributed by atoms with Gasteiger partial charge in [0.2, 0.25) is 0 Å². The molecular weight excluding hydrogens is 220 g/mol. The summed E-state index contributed by atoms with van der Waals surface area (Å²) in [7, 11) is 0. The Balaban J connectivity index is 1.54. The smallest absolute Gasteiger partial charge is 0.0369 e. The molecule has 3 aliphatic rings. The van der Waals surface area contributed by atoms with E-state index in [4.69, 9.17) is 0 Å². The Kier molecular flexibility index (Phi) is 2.41. The molecule has 4 rings (SSSR count). The van der Waals surface area contributed by atoms with Crippen LogP contribution in [0.25, 0.3) is 0 Å². The van der Waals surface area contributed by atoms with Crippen LogP contribution in [0.2, 0.25) is 0 Å². The van der Waals surface area contributed by atoms with Crippen molar-refractivity contribution in [2.45, 2.75) is 38.6 Å². The van der Waals surface area contributed by atoms with Crippen molar-refractivity contribution in [3.05, 3.63) is 29.3 Å². The van der Waals surface area contributed by atoms with Crippen molar-refractivity contribution in [3.8, 4) is 0 Å². The van der Waals surface area contributed by atoms with Gasteiger partial charge in [0, 0.05) is 25.3 Å². The average Bonchev–Trinajstić information content (AvgIpc) is 3.19. The fourth-order valence-corrected chi connectivity index (χ4v) is 3.58. The van der Waals surface area contributed by atoms with Crippen LogP contribution < -0.4 is 10.2 Å². The molecule has 1 aliphatic carbocycles. The van der Waals surface area contributed by atoms with Crippen LogP contribution >= 0.6 is 0 Å². The van der Waals surface area contributed by atoms with E-state index in [2.05, 4.69) is 28.4 Å². The van der Waals surface area contributed by atoms with Crippen molar-refractivity contribution in [3.63, 3.8) is 0 Å². The van der Waals surface area contributed by atoms with Crippen LogP contribution in [-0.4, -0.2) is 19.6 Å². The molecule has 1 saturated heterocycles. The molecule has 2 aliphatic heterocycles. The van der Waals surface area contributed by atoms with E-state index < -0.39 is 0 Å². The molecule has 0 atom stereocenters. The van der Waals surface area contributed by atoms with E-state index in [1.807, 2.05) is 0 Å². The minimum Gasteiger partial charge on any atom is -0.371 e. The summed E-state index contributed by atoms with van der Waals surface area (Å²) >= 11 is 0. The lowest BCUT2D eigenvalue weighted by molar-refractivity contribution is 0.384. The van der Waals surface area contributed by atoms with Crippen LogP contribution in [0.15, 0.2) is 18.2 Å². The average molecular weight is 242 g/mol. The quantitative estimate of drug-likeness (QED) is 0.814. The lowest BCUT2D eigenvalue weighted by Gasteiger charge is -2.34. The molecule has 2 heterocycles. The predicted molar refractivity (Wildman–Crippen MR) is 75.0 cm³/mol. The van der Waals surface area contributed by atoms with Gasteiger partial charge in [-0.2, -0.15) is 0 Å². The molecule has 1 aromatic carbocycles. The van der Waals surface area contributed by atoms with Gasteiger partial charge in [-0.25, -0.2) is 0 Å². The molecule has 0 aromatic heterocycles. The second-order valence-electron chi connectivity index (χ2n) is 6.37. The summed E-state index contributed by atoms with van der Waals surface area (Å²) in [5.74, 6) is 0. The summed E-state index contributed by atoms with van der Waals surface area (Å²) in [6.45, 7) is 4.74. The summed E-state index contributed by atoms with van der Waals surface area (Å²) in [4.78, 5) is 2.60. The minimum atomic E-state index is 0.786. The van der Waals surface area contributed by atoms with E-state index in [1.54, 1.807) is 5.56 Å². The predicted octanol–water partition coefficient (Wildman–Crippen LogP) is 2.71. The maximum Gasteiger partial charge on any atom is 0.0369 e. The zero-order valence-corrected chi connectivity index (χ0v) is 11.0. The standard InChI is InChI=1S/C16H22N2/c1-2-15(11-13-3-8-17-12-14(1)13)18-9-6-16(4-5-16)7-10-18/h1-2,11,17H,3-10,12H2. The Morgan fingerprint density at radius 1 is 1.00 bits per heavy atom. The van der Waals surface area contributed by atoms with Gasteiger partial charge in [0.25, 0.3) is 0 Å². The molecule has 1 aromatic rings. The molecule has 0 unspecified atom stereocenters. The maximum absolute atomic E-state index is 3.45. The summed E-state index contributed by atoms with van der Waals surface area (Å²) in [5, 5.41) is 3.45. The van der Waals surface area contributed by atoms with Gasteiger partial charge in [-0.05, 0) is 67.3 Å². The van der Waals surface area contributed by atoms with Gasteiger partial charge in [-0.3, -0.25) is 0 Å². The Bertz CT molecular complexity index is 452. The fraction of sp³-hybridized carbons (Fsp3) is 0.625. The van der Waals surface area contributed by atoms with Crippen molar-refractivity contribution >= 4 is 5.69 Å². The van der Waals surface area contributed by atoms with E-state index in [0.29, 0.717) is 0 Å². The Morgan fingerprint density at radius 3 is 2.61 bits per heavy atom. The number of piperidine rings is 1. The van der Waals surface area contributed by atoms with E-state index >= 15 is 0 Å². The monoisotopic (exact) mass is 242 g/mol. The molecule has 2 nitrogen and oxygen atoms in total. The van der Waals surface area contributed by atoms with Crippen molar-refractivity contribution in [2.75, 3.05) is 24.5 Å². The number of hydrogen-bond donors (Lipinski definition) is 1. The van der Waals surface area contributed by atoms with Crippen molar-refractivity contribution in [1.29, 1.82) is 0 Å². The largest absolute Gasteiger partial charge is 0.371 e. The number of nitrogens with zero attached hydrogens (tertiary/aromatic N) is 1. The van der Waals surface area contributed by atoms with Gasteiger partial charge in [-0.1, -0.05) is 6.07 Å². The highest BCUT2D eigenvalue weighted by molar-refractivity contribution is 5.52. The second-order valence-corrected chi connectivity index (χ2v) is 6.37. The Labute approximate surface area is 109 Å². The molecule has 1 spiro atoms. The summed E-state index contributed by atoms with van der Waals surface area (Å²) in [5.41, 5.74) is 5.32. The molecule has 0 amide bonds. The first-order valence-corrected chi connectivity index (χ1v) is 7.42. The maximum atomic E-state index is 3.45. The topological polar surface area (TPSA) is 15.3 Å². The molecule has 0 radical (unpaired) electrons. The third-order valence-electron chi connectivity index (χ3n) is 5.22. The van der Waals surface area contributed by atoms with E-state index in [-0.39, 0.29) is 0 Å². The second kappa shape index (κ2) is 3.99. The molecule has 1 N–H and O–H groups in total. The number of nitrogens with one attached hydrogen (secondary N) is 1. The molecule has 96 valence electrons. The summed E-state index contributed by atoms with van der Waals surface area (Å²) < 4.78 is 0. The minimum absolute atomic E-state index is 0.786. The zero-order valence-electron chi connectivity index (χ0n) is 11.0. The first kappa shape index (κ1) is 10.9. The first-order valence-electron chi connectivity index (χ1n) is 7.42. The van der Waals surface area contributed by atoms with Crippen LogP contribution in [0, 0.1) is 5.41 Å². The van der Waals surface area contributed by atoms with Crippen molar-refractivity contribution in [2.24, 2.45) is 5.41 Å². The van der Waals surface area contributed by atoms with Crippen LogP contribution in [0.5, 0.6) is 0 Å². The third-order valence-corrected chi connectivity index (χ3v) is 5.22. The Hall–Kier alpha value is -1.02. The highest BCUT2D eigenvalue weighted by atomic mass is 15.1. The third kappa shape index (κ3) is 1.83. The molecule has 1 saturated carbocycles. The molecule has 0 bridgehead atoms. The van der Waals surface area contributed by atoms with Crippen LogP contribution in [0.1, 0.15) is 36.8 Å². The van der Waals surface area contributed by atoms with E-state index in [0.717, 1.165) is 18.5 Å². The van der Waals surface area contributed by atoms with Crippen molar-refractivity contribution < 1.29 is 0 Å². The summed E-state index contributed by atoms with van der Waals surface area (Å²) in [6, 6.07) is 7.11. The molecule has 18 heavy (non-hydrogen) atoms. The number of fused-ring (bicyclic) bond motifs is 1. The SMILES string of the molecule is c1cc2c(cc1N1CCC3(CC1)CC3)CCNC2. The zero-order chi connectivity index (χ0) is 12.0. The lowest BCUT2D eigenvalue weighted by atomic mass is 9.93.